The highest BCUT2D eigenvalue weighted by atomic mass is 35.5. The third kappa shape index (κ3) is 6.04. The minimum atomic E-state index is -3.14. The van der Waals surface area contributed by atoms with E-state index >= 15 is 0 Å². The molecule has 1 aromatic rings. The number of benzene rings is 1. The van der Waals surface area contributed by atoms with Gasteiger partial charge in [0, 0.05) is 38.1 Å². The van der Waals surface area contributed by atoms with Gasteiger partial charge in [-0.1, -0.05) is 38.3 Å². The largest absolute Gasteiger partial charge is 0.496 e. The molecular weight excluding hydrogens is 448 g/mol. The number of aryl methyl sites for hydroxylation is 1. The fourth-order valence-corrected chi connectivity index (χ4v) is 6.90. The van der Waals surface area contributed by atoms with Crippen LogP contribution in [0.25, 0.3) is 0 Å². The number of Topliss-reactive ketones (excluding diaryl/α,β-unsaturated/α-hetero) is 1. The fourth-order valence-electron chi connectivity index (χ4n) is 5.40. The van der Waals surface area contributed by atoms with Gasteiger partial charge < -0.3 is 4.74 Å². The van der Waals surface area contributed by atoms with Gasteiger partial charge in [0.2, 0.25) is 10.0 Å². The minimum Gasteiger partial charge on any atom is -0.496 e. The quantitative estimate of drug-likeness (QED) is 0.482. The van der Waals surface area contributed by atoms with Crippen molar-refractivity contribution in [2.45, 2.75) is 70.8 Å². The lowest BCUT2D eigenvalue weighted by Gasteiger charge is -2.50. The molecule has 0 spiro atoms. The van der Waals surface area contributed by atoms with Gasteiger partial charge in [-0.25, -0.2) is 8.42 Å². The van der Waals surface area contributed by atoms with Gasteiger partial charge in [0.25, 0.3) is 0 Å². The van der Waals surface area contributed by atoms with Crippen molar-refractivity contribution in [3.05, 3.63) is 29.3 Å². The minimum absolute atomic E-state index is 0. The molecule has 1 saturated carbocycles. The van der Waals surface area contributed by atoms with E-state index in [-0.39, 0.29) is 29.5 Å². The van der Waals surface area contributed by atoms with Crippen molar-refractivity contribution in [1.29, 1.82) is 0 Å². The summed E-state index contributed by atoms with van der Waals surface area (Å²) in [6.45, 7) is 6.50. The summed E-state index contributed by atoms with van der Waals surface area (Å²) >= 11 is 0. The Labute approximate surface area is 200 Å². The Morgan fingerprint density at radius 2 is 1.75 bits per heavy atom. The van der Waals surface area contributed by atoms with Crippen molar-refractivity contribution in [2.24, 2.45) is 0 Å². The number of hydrogen-bond donors (Lipinski definition) is 0. The lowest BCUT2D eigenvalue weighted by atomic mass is 9.76. The Morgan fingerprint density at radius 3 is 2.34 bits per heavy atom. The van der Waals surface area contributed by atoms with Gasteiger partial charge >= 0.3 is 0 Å². The molecule has 1 heterocycles. The molecule has 1 aliphatic heterocycles. The summed E-state index contributed by atoms with van der Waals surface area (Å²) in [5.74, 6) is 1.02. The van der Waals surface area contributed by atoms with Crippen molar-refractivity contribution in [2.75, 3.05) is 39.0 Å². The molecule has 1 saturated heterocycles. The molecular formula is C24H39ClN2O4S. The normalized spacial score (nSPS) is 19.8. The molecule has 0 unspecified atom stereocenters. The SMILES string of the molecule is CCCS(=O)(=O)N1CCN(C2(CCC(=O)c3c(C)cccc3OC)CCCCC2)CC1.Cl. The van der Waals surface area contributed by atoms with Crippen molar-refractivity contribution in [3.63, 3.8) is 0 Å². The zero-order chi connectivity index (χ0) is 22.5. The van der Waals surface area contributed by atoms with Crippen molar-refractivity contribution in [3.8, 4) is 5.75 Å². The first-order chi connectivity index (χ1) is 14.8. The second-order valence-corrected chi connectivity index (χ2v) is 11.2. The highest BCUT2D eigenvalue weighted by molar-refractivity contribution is 7.89. The summed E-state index contributed by atoms with van der Waals surface area (Å²) in [4.78, 5) is 15.7. The first kappa shape index (κ1) is 27.1. The van der Waals surface area contributed by atoms with Crippen LogP contribution in [0.3, 0.4) is 0 Å². The highest BCUT2D eigenvalue weighted by Gasteiger charge is 2.40. The maximum Gasteiger partial charge on any atom is 0.214 e. The molecule has 2 aliphatic rings. The van der Waals surface area contributed by atoms with E-state index in [4.69, 9.17) is 4.74 Å². The molecule has 182 valence electrons. The highest BCUT2D eigenvalue weighted by Crippen LogP contribution is 2.39. The molecule has 0 amide bonds. The van der Waals surface area contributed by atoms with Crippen LogP contribution in [0.5, 0.6) is 5.75 Å². The summed E-state index contributed by atoms with van der Waals surface area (Å²) in [6, 6.07) is 5.73. The van der Waals surface area contributed by atoms with E-state index in [0.717, 1.165) is 37.9 Å². The molecule has 0 N–H and O–H groups in total. The predicted molar refractivity (Wildman–Crippen MR) is 132 cm³/mol. The summed E-state index contributed by atoms with van der Waals surface area (Å²) in [7, 11) is -1.53. The number of carbonyl (C=O) groups is 1. The molecule has 1 aliphatic carbocycles. The zero-order valence-electron chi connectivity index (χ0n) is 19.8. The summed E-state index contributed by atoms with van der Waals surface area (Å²) in [5, 5.41) is 0. The van der Waals surface area contributed by atoms with Gasteiger partial charge in [-0.15, -0.1) is 12.4 Å². The third-order valence-corrected chi connectivity index (χ3v) is 9.18. The lowest BCUT2D eigenvalue weighted by molar-refractivity contribution is 0.0165. The van der Waals surface area contributed by atoms with E-state index in [2.05, 4.69) is 4.90 Å². The van der Waals surface area contributed by atoms with E-state index < -0.39 is 10.0 Å². The van der Waals surface area contributed by atoms with Gasteiger partial charge in [-0.05, 0) is 44.2 Å². The Morgan fingerprint density at radius 1 is 1.09 bits per heavy atom. The molecule has 0 radical (unpaired) electrons. The van der Waals surface area contributed by atoms with Gasteiger partial charge in [-0.2, -0.15) is 4.31 Å². The number of piperazine rings is 1. The van der Waals surface area contributed by atoms with Gasteiger partial charge in [0.15, 0.2) is 5.78 Å². The van der Waals surface area contributed by atoms with E-state index in [9.17, 15) is 13.2 Å². The third-order valence-electron chi connectivity index (χ3n) is 7.10. The number of hydrogen-bond acceptors (Lipinski definition) is 5. The number of methoxy groups -OCH3 is 1. The number of halogens is 1. The number of carbonyl (C=O) groups excluding carboxylic acids is 1. The van der Waals surface area contributed by atoms with Crippen LogP contribution in [-0.4, -0.2) is 68.0 Å². The molecule has 32 heavy (non-hydrogen) atoms. The topological polar surface area (TPSA) is 66.9 Å². The fraction of sp³-hybridized carbons (Fsp3) is 0.708. The van der Waals surface area contributed by atoms with Crippen molar-refractivity contribution < 1.29 is 17.9 Å². The Kier molecular flexibility index (Phi) is 10.0. The van der Waals surface area contributed by atoms with Crippen LogP contribution >= 0.6 is 12.4 Å². The van der Waals surface area contributed by atoms with Crippen LogP contribution in [0.15, 0.2) is 18.2 Å². The molecule has 0 atom stereocenters. The predicted octanol–water partition coefficient (Wildman–Crippen LogP) is 4.45. The Hall–Kier alpha value is -1.15. The van der Waals surface area contributed by atoms with Crippen LogP contribution in [0.2, 0.25) is 0 Å². The van der Waals surface area contributed by atoms with Crippen LogP contribution < -0.4 is 4.74 Å². The second kappa shape index (κ2) is 11.8. The zero-order valence-corrected chi connectivity index (χ0v) is 21.4. The van der Waals surface area contributed by atoms with E-state index in [1.165, 1.54) is 19.3 Å². The van der Waals surface area contributed by atoms with E-state index in [1.807, 2.05) is 32.0 Å². The Balaban J connectivity index is 0.00000363. The number of ketones is 1. The standard InChI is InChI=1S/C24H38N2O4S.ClH/c1-4-19-31(28,29)26-17-15-25(16-18-26)24(12-6-5-7-13-24)14-11-21(27)23-20(2)9-8-10-22(23)30-3;/h8-10H,4-7,11-19H2,1-3H3;1H. The number of rotatable bonds is 9. The summed E-state index contributed by atoms with van der Waals surface area (Å²) < 4.78 is 32.0. The molecule has 8 heteroatoms. The van der Waals surface area contributed by atoms with Gasteiger partial charge in [-0.3, -0.25) is 9.69 Å². The maximum atomic E-state index is 13.2. The molecule has 0 aromatic heterocycles. The molecule has 0 bridgehead atoms. The summed E-state index contributed by atoms with van der Waals surface area (Å²) in [6.07, 6.45) is 7.75. The molecule has 2 fully saturated rings. The monoisotopic (exact) mass is 486 g/mol. The lowest BCUT2D eigenvalue weighted by Crippen LogP contribution is -2.58. The van der Waals surface area contributed by atoms with Crippen LogP contribution in [0, 0.1) is 6.92 Å². The molecule has 3 rings (SSSR count). The van der Waals surface area contributed by atoms with Gasteiger partial charge in [0.1, 0.15) is 5.75 Å². The van der Waals surface area contributed by atoms with E-state index in [0.29, 0.717) is 37.2 Å². The van der Waals surface area contributed by atoms with Crippen molar-refractivity contribution in [1.82, 2.24) is 9.21 Å². The van der Waals surface area contributed by atoms with E-state index in [1.54, 1.807) is 11.4 Å². The molecule has 6 nitrogen and oxygen atoms in total. The van der Waals surface area contributed by atoms with Crippen LogP contribution in [0.1, 0.15) is 74.2 Å². The number of sulfonamides is 1. The smallest absolute Gasteiger partial charge is 0.214 e. The Bertz CT molecular complexity index is 861. The first-order valence-corrected chi connectivity index (χ1v) is 13.3. The number of ether oxygens (including phenoxy) is 1. The first-order valence-electron chi connectivity index (χ1n) is 11.7. The molecule has 1 aromatic carbocycles. The average Bonchev–Trinajstić information content (AvgIpc) is 2.78. The second-order valence-electron chi connectivity index (χ2n) is 9.06. The maximum absolute atomic E-state index is 13.2. The van der Waals surface area contributed by atoms with Crippen LogP contribution in [-0.2, 0) is 10.0 Å². The van der Waals surface area contributed by atoms with Crippen LogP contribution in [0.4, 0.5) is 0 Å². The summed E-state index contributed by atoms with van der Waals surface area (Å²) in [5.41, 5.74) is 1.66. The average molecular weight is 487 g/mol. The van der Waals surface area contributed by atoms with Gasteiger partial charge in [0.05, 0.1) is 18.4 Å². The van der Waals surface area contributed by atoms with Crippen molar-refractivity contribution >= 4 is 28.2 Å². The number of nitrogens with zero attached hydrogens (tertiary/aromatic N) is 2.